The number of carbonyl (C=O) groups is 1. The molecule has 1 aliphatic heterocycles. The van der Waals surface area contributed by atoms with Crippen LogP contribution in [0.3, 0.4) is 0 Å². The number of hydrogen-bond donors (Lipinski definition) is 2. The summed E-state index contributed by atoms with van der Waals surface area (Å²) in [5, 5.41) is 15.4. The molecule has 0 bridgehead atoms. The maximum atomic E-state index is 11.3. The van der Waals surface area contributed by atoms with E-state index >= 15 is 0 Å². The Morgan fingerprint density at radius 2 is 2.40 bits per heavy atom. The van der Waals surface area contributed by atoms with Crippen LogP contribution in [0.1, 0.15) is 11.6 Å². The monoisotopic (exact) mass is 342 g/mol. The summed E-state index contributed by atoms with van der Waals surface area (Å²) >= 11 is 3.32. The molecule has 106 valence electrons. The van der Waals surface area contributed by atoms with E-state index in [0.29, 0.717) is 21.5 Å². The number of azide groups is 1. The SMILES string of the molecule is [N-]=[N+]=NCCNC(C(=O)O)c1cc(Br)c2c(c1)OCO2. The van der Waals surface area contributed by atoms with Gasteiger partial charge in [0.1, 0.15) is 6.04 Å². The van der Waals surface area contributed by atoms with Crippen LogP contribution in [0.15, 0.2) is 21.7 Å². The van der Waals surface area contributed by atoms with Crippen molar-refractivity contribution in [1.29, 1.82) is 0 Å². The van der Waals surface area contributed by atoms with Gasteiger partial charge in [-0.3, -0.25) is 4.79 Å². The van der Waals surface area contributed by atoms with Crippen LogP contribution in [0.5, 0.6) is 11.5 Å². The Balaban J connectivity index is 2.19. The Morgan fingerprint density at radius 1 is 1.60 bits per heavy atom. The highest BCUT2D eigenvalue weighted by atomic mass is 79.9. The van der Waals surface area contributed by atoms with Crippen molar-refractivity contribution in [3.8, 4) is 11.5 Å². The second kappa shape index (κ2) is 6.47. The maximum absolute atomic E-state index is 11.3. The molecule has 9 heteroatoms. The molecular weight excluding hydrogens is 332 g/mol. The highest BCUT2D eigenvalue weighted by Gasteiger charge is 2.24. The second-order valence-electron chi connectivity index (χ2n) is 3.92. The van der Waals surface area contributed by atoms with Crippen LogP contribution in [-0.2, 0) is 4.79 Å². The Bertz CT molecular complexity index is 574. The van der Waals surface area contributed by atoms with E-state index in [9.17, 15) is 9.90 Å². The molecule has 8 nitrogen and oxygen atoms in total. The van der Waals surface area contributed by atoms with Gasteiger partial charge >= 0.3 is 5.97 Å². The lowest BCUT2D eigenvalue weighted by atomic mass is 10.1. The third-order valence-corrected chi connectivity index (χ3v) is 3.24. The molecule has 1 unspecified atom stereocenters. The summed E-state index contributed by atoms with van der Waals surface area (Å²) in [6.45, 7) is 0.540. The molecule has 0 saturated carbocycles. The van der Waals surface area contributed by atoms with Crippen molar-refractivity contribution in [1.82, 2.24) is 5.32 Å². The minimum atomic E-state index is -1.03. The maximum Gasteiger partial charge on any atom is 0.325 e. The summed E-state index contributed by atoms with van der Waals surface area (Å²) < 4.78 is 11.1. The van der Waals surface area contributed by atoms with Gasteiger partial charge in [0.05, 0.1) is 4.47 Å². The summed E-state index contributed by atoms with van der Waals surface area (Å²) in [6.07, 6.45) is 0. The molecule has 2 N–H and O–H groups in total. The fourth-order valence-corrected chi connectivity index (χ4v) is 2.38. The number of benzene rings is 1. The third kappa shape index (κ3) is 3.13. The number of hydrogen-bond acceptors (Lipinski definition) is 5. The molecule has 20 heavy (non-hydrogen) atoms. The molecule has 0 aromatic heterocycles. The Kier molecular flexibility index (Phi) is 4.67. The number of rotatable bonds is 6. The number of aliphatic carboxylic acids is 1. The van der Waals surface area contributed by atoms with Gasteiger partial charge in [-0.05, 0) is 39.2 Å². The van der Waals surface area contributed by atoms with E-state index < -0.39 is 12.0 Å². The molecule has 0 spiro atoms. The van der Waals surface area contributed by atoms with E-state index in [4.69, 9.17) is 15.0 Å². The number of fused-ring (bicyclic) bond motifs is 1. The van der Waals surface area contributed by atoms with E-state index in [2.05, 4.69) is 31.3 Å². The van der Waals surface area contributed by atoms with Gasteiger partial charge in [-0.1, -0.05) is 5.11 Å². The first-order valence-electron chi connectivity index (χ1n) is 5.69. The number of halogens is 1. The number of ether oxygens (including phenoxy) is 2. The van der Waals surface area contributed by atoms with Crippen LogP contribution >= 0.6 is 15.9 Å². The number of nitrogens with one attached hydrogen (secondary N) is 1. The van der Waals surface area contributed by atoms with E-state index in [1.165, 1.54) is 0 Å². The molecular formula is C11H11BrN4O4. The average molecular weight is 343 g/mol. The molecule has 0 radical (unpaired) electrons. The van der Waals surface area contributed by atoms with Crippen molar-refractivity contribution in [2.75, 3.05) is 19.9 Å². The Labute approximate surface area is 122 Å². The van der Waals surface area contributed by atoms with Crippen LogP contribution in [0.4, 0.5) is 0 Å². The highest BCUT2D eigenvalue weighted by Crippen LogP contribution is 2.41. The standard InChI is InChI=1S/C11H11BrN4O4/c12-7-3-6(4-8-10(7)20-5-19-8)9(11(17)18)14-1-2-15-16-13/h3-4,9,14H,1-2,5H2,(H,17,18). The zero-order valence-electron chi connectivity index (χ0n) is 10.2. The summed E-state index contributed by atoms with van der Waals surface area (Å²) in [5.74, 6) is 0.0288. The van der Waals surface area contributed by atoms with Gasteiger partial charge in [0.15, 0.2) is 11.5 Å². The first kappa shape index (κ1) is 14.4. The fraction of sp³-hybridized carbons (Fsp3) is 0.364. The molecule has 0 aliphatic carbocycles. The lowest BCUT2D eigenvalue weighted by molar-refractivity contribution is -0.139. The van der Waals surface area contributed by atoms with E-state index in [1.807, 2.05) is 0 Å². The van der Waals surface area contributed by atoms with Crippen molar-refractivity contribution in [3.63, 3.8) is 0 Å². The molecule has 0 fully saturated rings. The topological polar surface area (TPSA) is 117 Å². The van der Waals surface area contributed by atoms with Crippen molar-refractivity contribution in [2.24, 2.45) is 5.11 Å². The van der Waals surface area contributed by atoms with Gasteiger partial charge in [-0.15, -0.1) is 0 Å². The first-order valence-corrected chi connectivity index (χ1v) is 6.49. The summed E-state index contributed by atoms with van der Waals surface area (Å²) in [7, 11) is 0. The smallest absolute Gasteiger partial charge is 0.325 e. The first-order chi connectivity index (χ1) is 9.63. The van der Waals surface area contributed by atoms with Crippen molar-refractivity contribution in [2.45, 2.75) is 6.04 Å². The molecule has 1 heterocycles. The number of carboxylic acid groups (broad SMARTS) is 1. The average Bonchev–Trinajstić information content (AvgIpc) is 2.87. The minimum Gasteiger partial charge on any atom is -0.480 e. The normalized spacial score (nSPS) is 13.7. The molecule has 1 aliphatic rings. The molecule has 0 amide bonds. The number of carboxylic acids is 1. The lowest BCUT2D eigenvalue weighted by Gasteiger charge is -2.15. The minimum absolute atomic E-state index is 0.111. The largest absolute Gasteiger partial charge is 0.480 e. The fourth-order valence-electron chi connectivity index (χ4n) is 1.81. The van der Waals surface area contributed by atoms with Crippen molar-refractivity contribution in [3.05, 3.63) is 32.6 Å². The van der Waals surface area contributed by atoms with Gasteiger partial charge in [0, 0.05) is 18.0 Å². The molecule has 0 saturated heterocycles. The van der Waals surface area contributed by atoms with Crippen LogP contribution in [0, 0.1) is 0 Å². The second-order valence-corrected chi connectivity index (χ2v) is 4.77. The zero-order chi connectivity index (χ0) is 14.5. The highest BCUT2D eigenvalue weighted by molar-refractivity contribution is 9.10. The molecule has 1 aromatic rings. The van der Waals surface area contributed by atoms with Crippen LogP contribution < -0.4 is 14.8 Å². The van der Waals surface area contributed by atoms with Crippen LogP contribution in [0.25, 0.3) is 10.4 Å². The zero-order valence-corrected chi connectivity index (χ0v) is 11.8. The van der Waals surface area contributed by atoms with Crippen molar-refractivity contribution >= 4 is 21.9 Å². The van der Waals surface area contributed by atoms with Gasteiger partial charge in [0.25, 0.3) is 0 Å². The molecule has 1 aromatic carbocycles. The molecule has 2 rings (SSSR count). The van der Waals surface area contributed by atoms with Gasteiger partial charge in [-0.25, -0.2) is 0 Å². The van der Waals surface area contributed by atoms with Crippen LogP contribution in [0.2, 0.25) is 0 Å². The predicted molar refractivity (Wildman–Crippen MR) is 72.7 cm³/mol. The van der Waals surface area contributed by atoms with Gasteiger partial charge in [0.2, 0.25) is 6.79 Å². The predicted octanol–water partition coefficient (Wildman–Crippen LogP) is 2.20. The molecule has 1 atom stereocenters. The number of nitrogens with zero attached hydrogens (tertiary/aromatic N) is 3. The van der Waals surface area contributed by atoms with E-state index in [-0.39, 0.29) is 19.9 Å². The van der Waals surface area contributed by atoms with Crippen LogP contribution in [-0.4, -0.2) is 31.0 Å². The van der Waals surface area contributed by atoms with E-state index in [0.717, 1.165) is 0 Å². The summed E-state index contributed by atoms with van der Waals surface area (Å²) in [6, 6.07) is 2.36. The third-order valence-electron chi connectivity index (χ3n) is 2.65. The van der Waals surface area contributed by atoms with E-state index in [1.54, 1.807) is 12.1 Å². The summed E-state index contributed by atoms with van der Waals surface area (Å²) in [4.78, 5) is 13.9. The lowest BCUT2D eigenvalue weighted by Crippen LogP contribution is -2.30. The van der Waals surface area contributed by atoms with Gasteiger partial charge in [-0.2, -0.15) is 0 Å². The van der Waals surface area contributed by atoms with Gasteiger partial charge < -0.3 is 19.9 Å². The Morgan fingerprint density at radius 3 is 3.10 bits per heavy atom. The Hall–Kier alpha value is -1.96. The summed E-state index contributed by atoms with van der Waals surface area (Å²) in [5.41, 5.74) is 8.70. The quantitative estimate of drug-likeness (QED) is 0.355. The van der Waals surface area contributed by atoms with Crippen molar-refractivity contribution < 1.29 is 19.4 Å².